The molecule has 1 fully saturated rings. The molecule has 0 aliphatic heterocycles. The average molecular weight is 320 g/mol. The van der Waals surface area contributed by atoms with Gasteiger partial charge in [0.15, 0.2) is 0 Å². The highest BCUT2D eigenvalue weighted by atomic mass is 16.5. The van der Waals surface area contributed by atoms with Crippen molar-refractivity contribution in [1.29, 1.82) is 0 Å². The Morgan fingerprint density at radius 2 is 1.96 bits per heavy atom. The summed E-state index contributed by atoms with van der Waals surface area (Å²) in [7, 11) is 1.73. The molecule has 2 aromatic rings. The molecule has 0 unspecified atom stereocenters. The van der Waals surface area contributed by atoms with Crippen LogP contribution in [0.5, 0.6) is 5.75 Å². The Labute approximate surface area is 144 Å². The summed E-state index contributed by atoms with van der Waals surface area (Å²) in [5, 5.41) is 0. The van der Waals surface area contributed by atoms with E-state index in [-0.39, 0.29) is 6.10 Å². The van der Waals surface area contributed by atoms with Crippen molar-refractivity contribution in [2.75, 3.05) is 7.11 Å². The number of hydrogen-bond donors (Lipinski definition) is 0. The van der Waals surface area contributed by atoms with Gasteiger partial charge in [-0.3, -0.25) is 0 Å². The topological polar surface area (TPSA) is 18.5 Å². The third-order valence-electron chi connectivity index (χ3n) is 5.55. The fourth-order valence-electron chi connectivity index (χ4n) is 4.37. The van der Waals surface area contributed by atoms with Gasteiger partial charge in [-0.1, -0.05) is 48.6 Å². The summed E-state index contributed by atoms with van der Waals surface area (Å²) in [4.78, 5) is 0. The molecule has 3 atom stereocenters. The van der Waals surface area contributed by atoms with E-state index in [1.165, 1.54) is 28.7 Å². The van der Waals surface area contributed by atoms with Crippen molar-refractivity contribution in [3.05, 3.63) is 77.4 Å². The van der Waals surface area contributed by atoms with Crippen LogP contribution in [0.25, 0.3) is 0 Å². The summed E-state index contributed by atoms with van der Waals surface area (Å²) in [6.07, 6.45) is 3.54. The number of aryl methyl sites for hydroxylation is 1. The van der Waals surface area contributed by atoms with Gasteiger partial charge in [0, 0.05) is 5.92 Å². The minimum absolute atomic E-state index is 0.290. The molecule has 2 aromatic carbocycles. The maximum absolute atomic E-state index is 6.30. The summed E-state index contributed by atoms with van der Waals surface area (Å²) in [6.45, 7) is 5.07. The number of benzene rings is 2. The zero-order valence-electron chi connectivity index (χ0n) is 14.2. The van der Waals surface area contributed by atoms with Gasteiger partial charge in [-0.25, -0.2) is 0 Å². The Morgan fingerprint density at radius 3 is 2.75 bits per heavy atom. The van der Waals surface area contributed by atoms with Crippen molar-refractivity contribution in [3.8, 4) is 5.75 Å². The van der Waals surface area contributed by atoms with E-state index in [1.807, 2.05) is 6.07 Å². The molecule has 0 aromatic heterocycles. The predicted molar refractivity (Wildman–Crippen MR) is 96.3 cm³/mol. The summed E-state index contributed by atoms with van der Waals surface area (Å²) in [5.74, 6) is 1.95. The maximum atomic E-state index is 6.30. The Hall–Kier alpha value is -2.06. The Morgan fingerprint density at radius 1 is 1.12 bits per heavy atom. The highest BCUT2D eigenvalue weighted by molar-refractivity contribution is 5.45. The first-order valence-electron chi connectivity index (χ1n) is 8.76. The van der Waals surface area contributed by atoms with Gasteiger partial charge in [0.2, 0.25) is 0 Å². The van der Waals surface area contributed by atoms with Gasteiger partial charge >= 0.3 is 0 Å². The first-order valence-corrected chi connectivity index (χ1v) is 8.76. The van der Waals surface area contributed by atoms with Gasteiger partial charge in [-0.2, -0.15) is 0 Å². The quantitative estimate of drug-likeness (QED) is 0.747. The minimum Gasteiger partial charge on any atom is -0.497 e. The van der Waals surface area contributed by atoms with E-state index in [1.54, 1.807) is 7.11 Å². The second-order valence-electron chi connectivity index (χ2n) is 6.94. The highest BCUT2D eigenvalue weighted by Gasteiger charge is 2.43. The fraction of sp³-hybridized carbons (Fsp3) is 0.364. The summed E-state index contributed by atoms with van der Waals surface area (Å²) in [5.41, 5.74) is 5.42. The highest BCUT2D eigenvalue weighted by Crippen LogP contribution is 2.51. The van der Waals surface area contributed by atoms with E-state index in [0.29, 0.717) is 18.4 Å². The molecule has 0 saturated heterocycles. The number of ether oxygens (including phenoxy) is 2. The Balaban J connectivity index is 1.52. The number of hydrogen-bond acceptors (Lipinski definition) is 2. The van der Waals surface area contributed by atoms with Crippen molar-refractivity contribution in [3.63, 3.8) is 0 Å². The van der Waals surface area contributed by atoms with Gasteiger partial charge in [-0.15, -0.1) is 0 Å². The van der Waals surface area contributed by atoms with E-state index in [0.717, 1.165) is 18.6 Å². The second-order valence-corrected chi connectivity index (χ2v) is 6.94. The molecular weight excluding hydrogens is 296 g/mol. The molecule has 4 rings (SSSR count). The smallest absolute Gasteiger partial charge is 0.119 e. The molecule has 0 radical (unpaired) electrons. The summed E-state index contributed by atoms with van der Waals surface area (Å²) < 4.78 is 11.7. The van der Waals surface area contributed by atoms with Crippen LogP contribution in [0.4, 0.5) is 0 Å². The zero-order valence-corrected chi connectivity index (χ0v) is 14.2. The van der Waals surface area contributed by atoms with Gasteiger partial charge in [0.1, 0.15) is 5.75 Å². The van der Waals surface area contributed by atoms with E-state index in [2.05, 4.69) is 49.0 Å². The van der Waals surface area contributed by atoms with E-state index in [4.69, 9.17) is 9.47 Å². The third-order valence-corrected chi connectivity index (χ3v) is 5.55. The molecule has 124 valence electrons. The molecule has 2 aliphatic rings. The Bertz CT molecular complexity index is 735. The molecule has 2 nitrogen and oxygen atoms in total. The normalized spacial score (nSPS) is 25.2. The molecule has 2 aliphatic carbocycles. The van der Waals surface area contributed by atoms with Crippen LogP contribution >= 0.6 is 0 Å². The van der Waals surface area contributed by atoms with Crippen molar-refractivity contribution < 1.29 is 9.47 Å². The van der Waals surface area contributed by atoms with Gasteiger partial charge in [-0.05, 0) is 54.0 Å². The summed E-state index contributed by atoms with van der Waals surface area (Å²) >= 11 is 0. The van der Waals surface area contributed by atoms with Crippen molar-refractivity contribution in [2.24, 2.45) is 5.92 Å². The van der Waals surface area contributed by atoms with E-state index >= 15 is 0 Å². The van der Waals surface area contributed by atoms with Crippen molar-refractivity contribution in [2.45, 2.75) is 37.9 Å². The second kappa shape index (κ2) is 6.45. The van der Waals surface area contributed by atoms with Crippen LogP contribution in [0.15, 0.2) is 60.7 Å². The number of fused-ring (bicyclic) bond motifs is 3. The molecule has 0 bridgehead atoms. The van der Waals surface area contributed by atoms with Gasteiger partial charge in [0.05, 0.1) is 19.8 Å². The number of rotatable bonds is 4. The lowest BCUT2D eigenvalue weighted by Crippen LogP contribution is -2.26. The molecular formula is C22H24O2. The van der Waals surface area contributed by atoms with E-state index < -0.39 is 0 Å². The van der Waals surface area contributed by atoms with Crippen LogP contribution in [-0.2, 0) is 17.8 Å². The molecule has 2 heteroatoms. The molecule has 0 spiro atoms. The largest absolute Gasteiger partial charge is 0.497 e. The van der Waals surface area contributed by atoms with E-state index in [9.17, 15) is 0 Å². The maximum Gasteiger partial charge on any atom is 0.119 e. The van der Waals surface area contributed by atoms with Crippen LogP contribution < -0.4 is 4.74 Å². The van der Waals surface area contributed by atoms with Crippen LogP contribution in [0.3, 0.4) is 0 Å². The van der Waals surface area contributed by atoms with Crippen LogP contribution in [0, 0.1) is 5.92 Å². The van der Waals surface area contributed by atoms with Crippen molar-refractivity contribution in [1.82, 2.24) is 0 Å². The van der Waals surface area contributed by atoms with Crippen LogP contribution in [0.2, 0.25) is 0 Å². The average Bonchev–Trinajstić information content (AvgIpc) is 2.96. The van der Waals surface area contributed by atoms with Crippen molar-refractivity contribution >= 4 is 0 Å². The predicted octanol–water partition coefficient (Wildman–Crippen LogP) is 4.89. The standard InChI is InChI=1S/C22H24O2/c1-15-12-21(24-14-16-6-4-3-5-7-16)20-10-8-17-13-18(23-2)9-11-19(17)22(15)20/h3-7,9,11,13,20-22H,1,8,10,12,14H2,2H3/t20-,21-,22-/m1/s1. The SMILES string of the molecule is C=C1C[C@@H](OCc2ccccc2)[C@H]2CCc3cc(OC)ccc3[C@@H]12. The first kappa shape index (κ1) is 15.5. The minimum atomic E-state index is 0.290. The molecule has 1 saturated carbocycles. The van der Waals surface area contributed by atoms with Gasteiger partial charge in [0.25, 0.3) is 0 Å². The Kier molecular flexibility index (Phi) is 4.15. The molecule has 24 heavy (non-hydrogen) atoms. The first-order chi connectivity index (χ1) is 11.8. The molecule has 0 N–H and O–H groups in total. The van der Waals surface area contributed by atoms with Crippen LogP contribution in [0.1, 0.15) is 35.4 Å². The van der Waals surface area contributed by atoms with Crippen LogP contribution in [-0.4, -0.2) is 13.2 Å². The lowest BCUT2D eigenvalue weighted by Gasteiger charge is -2.31. The zero-order chi connectivity index (χ0) is 16.5. The monoisotopic (exact) mass is 320 g/mol. The third kappa shape index (κ3) is 2.76. The number of methoxy groups -OCH3 is 1. The van der Waals surface area contributed by atoms with Gasteiger partial charge < -0.3 is 9.47 Å². The lowest BCUT2D eigenvalue weighted by molar-refractivity contribution is 0.0103. The molecule has 0 heterocycles. The lowest BCUT2D eigenvalue weighted by atomic mass is 9.75. The molecule has 0 amide bonds. The summed E-state index contributed by atoms with van der Waals surface area (Å²) in [6, 6.07) is 16.9. The fourth-order valence-corrected chi connectivity index (χ4v) is 4.37.